The number of Topliss-reactive ketones (excluding diaryl/α,β-unsaturated/α-hetero) is 1. The second kappa shape index (κ2) is 5.10. The highest BCUT2D eigenvalue weighted by molar-refractivity contribution is 7.13. The molecule has 0 aliphatic heterocycles. The Morgan fingerprint density at radius 2 is 2.06 bits per heavy atom. The van der Waals surface area contributed by atoms with E-state index < -0.39 is 0 Å². The Kier molecular flexibility index (Phi) is 3.54. The molecule has 1 unspecified atom stereocenters. The minimum absolute atomic E-state index is 0.00154. The lowest BCUT2D eigenvalue weighted by Crippen LogP contribution is -2.06. The van der Waals surface area contributed by atoms with Crippen LogP contribution < -0.4 is 5.32 Å². The third kappa shape index (κ3) is 2.91. The number of aromatic nitrogens is 1. The van der Waals surface area contributed by atoms with E-state index >= 15 is 0 Å². The van der Waals surface area contributed by atoms with E-state index in [2.05, 4.69) is 29.4 Å². The summed E-state index contributed by atoms with van der Waals surface area (Å²) in [6.45, 7) is 3.60. The standard InChI is InChI=1S/C13H14N2OS/c1-9(11-6-4-3-5-7-11)14-13-15-12(8-17-13)10(2)16/h3-9H,1-2H3,(H,14,15). The summed E-state index contributed by atoms with van der Waals surface area (Å²) >= 11 is 1.46. The molecule has 1 heterocycles. The fraction of sp³-hybridized carbons (Fsp3) is 0.231. The summed E-state index contributed by atoms with van der Waals surface area (Å²) in [6.07, 6.45) is 0. The Hall–Kier alpha value is -1.68. The van der Waals surface area contributed by atoms with E-state index in [9.17, 15) is 4.79 Å². The van der Waals surface area contributed by atoms with Crippen LogP contribution in [0.2, 0.25) is 0 Å². The van der Waals surface area contributed by atoms with Crippen LogP contribution in [0.3, 0.4) is 0 Å². The number of carbonyl (C=O) groups is 1. The third-order valence-electron chi connectivity index (χ3n) is 2.50. The average Bonchev–Trinajstić information content (AvgIpc) is 2.79. The molecule has 0 fully saturated rings. The molecule has 2 aromatic rings. The average molecular weight is 246 g/mol. The van der Waals surface area contributed by atoms with Gasteiger partial charge >= 0.3 is 0 Å². The number of rotatable bonds is 4. The van der Waals surface area contributed by atoms with E-state index in [1.165, 1.54) is 23.8 Å². The smallest absolute Gasteiger partial charge is 0.183 e. The summed E-state index contributed by atoms with van der Waals surface area (Å²) in [4.78, 5) is 15.4. The van der Waals surface area contributed by atoms with Crippen molar-refractivity contribution in [3.8, 4) is 0 Å². The minimum atomic E-state index is 0.00154. The summed E-state index contributed by atoms with van der Waals surface area (Å²) in [7, 11) is 0. The molecule has 0 amide bonds. The predicted molar refractivity (Wildman–Crippen MR) is 70.6 cm³/mol. The van der Waals surface area contributed by atoms with Gasteiger partial charge in [0.25, 0.3) is 0 Å². The molecule has 88 valence electrons. The van der Waals surface area contributed by atoms with Crippen LogP contribution in [-0.2, 0) is 0 Å². The maximum Gasteiger partial charge on any atom is 0.183 e. The number of ketones is 1. The van der Waals surface area contributed by atoms with Gasteiger partial charge in [-0.2, -0.15) is 0 Å². The first-order chi connectivity index (χ1) is 8.16. The Balaban J connectivity index is 2.08. The van der Waals surface area contributed by atoms with Crippen molar-refractivity contribution in [3.05, 3.63) is 47.0 Å². The van der Waals surface area contributed by atoms with Crippen molar-refractivity contribution < 1.29 is 4.79 Å². The van der Waals surface area contributed by atoms with Crippen molar-refractivity contribution >= 4 is 22.3 Å². The number of hydrogen-bond donors (Lipinski definition) is 1. The van der Waals surface area contributed by atoms with Gasteiger partial charge in [-0.1, -0.05) is 30.3 Å². The lowest BCUT2D eigenvalue weighted by Gasteiger charge is -2.12. The zero-order valence-corrected chi connectivity index (χ0v) is 10.6. The molecule has 1 atom stereocenters. The van der Waals surface area contributed by atoms with E-state index in [1.54, 1.807) is 5.38 Å². The first-order valence-corrected chi connectivity index (χ1v) is 6.32. The van der Waals surface area contributed by atoms with Crippen LogP contribution in [0.4, 0.5) is 5.13 Å². The molecule has 4 heteroatoms. The Labute approximate surface area is 105 Å². The highest BCUT2D eigenvalue weighted by atomic mass is 32.1. The maximum atomic E-state index is 11.1. The van der Waals surface area contributed by atoms with Crippen molar-refractivity contribution in [2.24, 2.45) is 0 Å². The molecule has 1 aromatic carbocycles. The molecule has 0 saturated heterocycles. The molecule has 0 radical (unpaired) electrons. The second-order valence-electron chi connectivity index (χ2n) is 3.87. The predicted octanol–water partition coefficient (Wildman–Crippen LogP) is 3.52. The number of hydrogen-bond acceptors (Lipinski definition) is 4. The van der Waals surface area contributed by atoms with E-state index in [1.807, 2.05) is 18.2 Å². The largest absolute Gasteiger partial charge is 0.355 e. The van der Waals surface area contributed by atoms with Crippen molar-refractivity contribution in [2.75, 3.05) is 5.32 Å². The number of nitrogens with one attached hydrogen (secondary N) is 1. The Morgan fingerprint density at radius 1 is 1.35 bits per heavy atom. The molecule has 1 aromatic heterocycles. The minimum Gasteiger partial charge on any atom is -0.355 e. The van der Waals surface area contributed by atoms with Crippen LogP contribution >= 0.6 is 11.3 Å². The summed E-state index contributed by atoms with van der Waals surface area (Å²) < 4.78 is 0. The molecule has 0 aliphatic carbocycles. The van der Waals surface area contributed by atoms with Gasteiger partial charge in [-0.3, -0.25) is 4.79 Å². The highest BCUT2D eigenvalue weighted by Gasteiger charge is 2.09. The van der Waals surface area contributed by atoms with Gasteiger partial charge in [0, 0.05) is 12.3 Å². The maximum absolute atomic E-state index is 11.1. The first-order valence-electron chi connectivity index (χ1n) is 5.45. The van der Waals surface area contributed by atoms with Crippen molar-refractivity contribution in [2.45, 2.75) is 19.9 Å². The number of thiazole rings is 1. The first kappa shape index (κ1) is 11.8. The lowest BCUT2D eigenvalue weighted by molar-refractivity contribution is 0.101. The molecule has 0 saturated carbocycles. The van der Waals surface area contributed by atoms with Crippen molar-refractivity contribution in [3.63, 3.8) is 0 Å². The molecule has 2 rings (SSSR count). The van der Waals surface area contributed by atoms with Gasteiger partial charge in [0.05, 0.1) is 6.04 Å². The fourth-order valence-corrected chi connectivity index (χ4v) is 2.35. The Bertz CT molecular complexity index is 507. The molecular formula is C13H14N2OS. The molecule has 0 aliphatic rings. The van der Waals surface area contributed by atoms with Gasteiger partial charge in [-0.25, -0.2) is 4.98 Å². The van der Waals surface area contributed by atoms with Gasteiger partial charge in [-0.05, 0) is 12.5 Å². The molecular weight excluding hydrogens is 232 g/mol. The quantitative estimate of drug-likeness (QED) is 0.839. The van der Waals surface area contributed by atoms with Crippen LogP contribution in [0.5, 0.6) is 0 Å². The van der Waals surface area contributed by atoms with Gasteiger partial charge in [0.1, 0.15) is 5.69 Å². The zero-order chi connectivity index (χ0) is 12.3. The SMILES string of the molecule is CC(=O)c1csc(NC(C)c2ccccc2)n1. The summed E-state index contributed by atoms with van der Waals surface area (Å²) in [6, 6.07) is 10.3. The van der Waals surface area contributed by atoms with Crippen LogP contribution in [-0.4, -0.2) is 10.8 Å². The molecule has 17 heavy (non-hydrogen) atoms. The van der Waals surface area contributed by atoms with Crippen molar-refractivity contribution in [1.82, 2.24) is 4.98 Å². The zero-order valence-electron chi connectivity index (χ0n) is 9.81. The summed E-state index contributed by atoms with van der Waals surface area (Å²) in [5.41, 5.74) is 1.73. The monoisotopic (exact) mass is 246 g/mol. The van der Waals surface area contributed by atoms with Gasteiger partial charge in [0.15, 0.2) is 10.9 Å². The van der Waals surface area contributed by atoms with Crippen LogP contribution in [0, 0.1) is 0 Å². The fourth-order valence-electron chi connectivity index (χ4n) is 1.51. The lowest BCUT2D eigenvalue weighted by atomic mass is 10.1. The van der Waals surface area contributed by atoms with Crippen LogP contribution in [0.1, 0.15) is 35.9 Å². The van der Waals surface area contributed by atoms with Crippen LogP contribution in [0.15, 0.2) is 35.7 Å². The van der Waals surface area contributed by atoms with E-state index in [0.29, 0.717) is 5.69 Å². The summed E-state index contributed by atoms with van der Waals surface area (Å²) in [5.74, 6) is 0.00154. The molecule has 3 nitrogen and oxygen atoms in total. The number of carbonyl (C=O) groups excluding carboxylic acids is 1. The summed E-state index contributed by atoms with van der Waals surface area (Å²) in [5, 5.41) is 5.85. The molecule has 0 bridgehead atoms. The van der Waals surface area contributed by atoms with E-state index in [-0.39, 0.29) is 11.8 Å². The third-order valence-corrected chi connectivity index (χ3v) is 3.28. The number of benzene rings is 1. The Morgan fingerprint density at radius 3 is 2.65 bits per heavy atom. The second-order valence-corrected chi connectivity index (χ2v) is 4.73. The van der Waals surface area contributed by atoms with Crippen LogP contribution in [0.25, 0.3) is 0 Å². The number of nitrogens with zero attached hydrogens (tertiary/aromatic N) is 1. The van der Waals surface area contributed by atoms with E-state index in [0.717, 1.165) is 5.13 Å². The van der Waals surface area contributed by atoms with Crippen molar-refractivity contribution in [1.29, 1.82) is 0 Å². The highest BCUT2D eigenvalue weighted by Crippen LogP contribution is 2.22. The van der Waals surface area contributed by atoms with Gasteiger partial charge < -0.3 is 5.32 Å². The molecule has 0 spiro atoms. The topological polar surface area (TPSA) is 42.0 Å². The van der Waals surface area contributed by atoms with E-state index in [4.69, 9.17) is 0 Å². The number of anilines is 1. The van der Waals surface area contributed by atoms with Gasteiger partial charge in [0.2, 0.25) is 0 Å². The van der Waals surface area contributed by atoms with Gasteiger partial charge in [-0.15, -0.1) is 11.3 Å². The normalized spacial score (nSPS) is 12.1. The molecule has 1 N–H and O–H groups in total.